The number of hydrogen-bond donors (Lipinski definition) is 1. The van der Waals surface area contributed by atoms with Crippen LogP contribution in [-0.4, -0.2) is 45.4 Å². The van der Waals surface area contributed by atoms with Crippen LogP contribution in [0, 0.1) is 11.7 Å². The number of piperidine rings is 1. The molecule has 1 saturated heterocycles. The van der Waals surface area contributed by atoms with E-state index in [2.05, 4.69) is 5.10 Å². The van der Waals surface area contributed by atoms with Gasteiger partial charge in [-0.2, -0.15) is 4.98 Å². The molecule has 2 aromatic carbocycles. The zero-order chi connectivity index (χ0) is 24.4. The molecule has 2 N–H and O–H groups in total. The van der Waals surface area contributed by atoms with Gasteiger partial charge in [0.2, 0.25) is 5.95 Å². The first-order valence-electron chi connectivity index (χ1n) is 11.8. The van der Waals surface area contributed by atoms with Crippen molar-refractivity contribution in [2.24, 2.45) is 5.92 Å². The summed E-state index contributed by atoms with van der Waals surface area (Å²) in [4.78, 5) is 23.8. The van der Waals surface area contributed by atoms with Crippen molar-refractivity contribution in [1.82, 2.24) is 19.7 Å². The third-order valence-electron chi connectivity index (χ3n) is 6.26. The number of nitrogen functional groups attached to an aromatic ring is 1. The third-order valence-corrected chi connectivity index (χ3v) is 6.26. The first-order valence-corrected chi connectivity index (χ1v) is 11.8. The number of aromatic nitrogens is 4. The van der Waals surface area contributed by atoms with Crippen LogP contribution >= 0.6 is 0 Å². The van der Waals surface area contributed by atoms with Gasteiger partial charge in [0.15, 0.2) is 5.65 Å². The number of hydrogen-bond acceptors (Lipinski definition) is 7. The number of carbonyl (C=O) groups excluding carboxylic acids is 1. The van der Waals surface area contributed by atoms with Gasteiger partial charge < -0.3 is 15.4 Å². The van der Waals surface area contributed by atoms with Crippen LogP contribution in [-0.2, 0) is 16.1 Å². The highest BCUT2D eigenvalue weighted by atomic mass is 19.1. The SMILES string of the molecule is CCOC(=O)C1CCCN(c2nc(-c3ccccc3F)c3c(N)n(Cc4ccccc4)nc3n2)C1. The molecular formula is C26H27FN6O2. The normalized spacial score (nSPS) is 15.9. The molecule has 8 nitrogen and oxygen atoms in total. The van der Waals surface area contributed by atoms with Crippen LogP contribution in [0.15, 0.2) is 54.6 Å². The maximum absolute atomic E-state index is 14.9. The fourth-order valence-corrected chi connectivity index (χ4v) is 4.52. The second-order valence-electron chi connectivity index (χ2n) is 8.62. The minimum absolute atomic E-state index is 0.219. The molecule has 0 bridgehead atoms. The number of ether oxygens (including phenoxy) is 1. The minimum atomic E-state index is -0.406. The predicted octanol–water partition coefficient (Wildman–Crippen LogP) is 4.04. The van der Waals surface area contributed by atoms with Gasteiger partial charge in [0.05, 0.1) is 30.1 Å². The summed E-state index contributed by atoms with van der Waals surface area (Å²) in [6.45, 7) is 3.70. The number of rotatable bonds is 6. The number of benzene rings is 2. The second-order valence-corrected chi connectivity index (χ2v) is 8.62. The zero-order valence-electron chi connectivity index (χ0n) is 19.5. The summed E-state index contributed by atoms with van der Waals surface area (Å²) < 4.78 is 21.8. The molecule has 1 unspecified atom stereocenters. The predicted molar refractivity (Wildman–Crippen MR) is 132 cm³/mol. The standard InChI is InChI=1S/C26H27FN6O2/c1-2-35-25(34)18-11-8-14-32(16-18)26-29-22(19-12-6-7-13-20(19)27)21-23(28)33(31-24(21)30-26)15-17-9-4-3-5-10-17/h3-7,9-10,12-13,18H,2,8,11,14-16,28H2,1H3. The van der Waals surface area contributed by atoms with E-state index in [1.807, 2.05) is 35.2 Å². The molecule has 3 heterocycles. The number of carbonyl (C=O) groups is 1. The van der Waals surface area contributed by atoms with E-state index in [0.717, 1.165) is 18.4 Å². The van der Waals surface area contributed by atoms with E-state index >= 15 is 0 Å². The molecule has 1 aliphatic rings. The van der Waals surface area contributed by atoms with Crippen molar-refractivity contribution in [1.29, 1.82) is 0 Å². The molecule has 0 radical (unpaired) electrons. The number of nitrogens with two attached hydrogens (primary N) is 1. The molecule has 180 valence electrons. The zero-order valence-corrected chi connectivity index (χ0v) is 19.5. The van der Waals surface area contributed by atoms with E-state index in [0.29, 0.717) is 60.3 Å². The molecule has 0 saturated carbocycles. The first-order chi connectivity index (χ1) is 17.0. The van der Waals surface area contributed by atoms with Crippen molar-refractivity contribution in [2.75, 3.05) is 30.3 Å². The van der Waals surface area contributed by atoms with E-state index in [-0.39, 0.29) is 11.9 Å². The van der Waals surface area contributed by atoms with Crippen molar-refractivity contribution < 1.29 is 13.9 Å². The van der Waals surface area contributed by atoms with Gasteiger partial charge in [0, 0.05) is 18.7 Å². The molecule has 1 fully saturated rings. The molecule has 35 heavy (non-hydrogen) atoms. The number of fused-ring (bicyclic) bond motifs is 1. The van der Waals surface area contributed by atoms with E-state index in [4.69, 9.17) is 20.4 Å². The maximum Gasteiger partial charge on any atom is 0.310 e. The molecule has 1 atom stereocenters. The van der Waals surface area contributed by atoms with Crippen molar-refractivity contribution in [2.45, 2.75) is 26.3 Å². The van der Waals surface area contributed by atoms with Crippen LogP contribution in [0.25, 0.3) is 22.3 Å². The molecular weight excluding hydrogens is 447 g/mol. The highest BCUT2D eigenvalue weighted by molar-refractivity contribution is 5.99. The number of anilines is 2. The second kappa shape index (κ2) is 9.69. The highest BCUT2D eigenvalue weighted by Gasteiger charge is 2.30. The largest absolute Gasteiger partial charge is 0.466 e. The summed E-state index contributed by atoms with van der Waals surface area (Å²) in [5, 5.41) is 5.17. The Hall–Kier alpha value is -4.01. The molecule has 1 aliphatic heterocycles. The monoisotopic (exact) mass is 474 g/mol. The average Bonchev–Trinajstić information content (AvgIpc) is 3.19. The third kappa shape index (κ3) is 4.53. The smallest absolute Gasteiger partial charge is 0.310 e. The molecule has 5 rings (SSSR count). The lowest BCUT2D eigenvalue weighted by Gasteiger charge is -2.31. The molecule has 0 aliphatic carbocycles. The van der Waals surface area contributed by atoms with E-state index in [1.54, 1.807) is 29.8 Å². The van der Waals surface area contributed by atoms with Crippen molar-refractivity contribution in [3.05, 3.63) is 66.0 Å². The number of nitrogens with zero attached hydrogens (tertiary/aromatic N) is 5. The highest BCUT2D eigenvalue weighted by Crippen LogP contribution is 2.34. The molecule has 2 aromatic heterocycles. The Balaban J connectivity index is 1.61. The van der Waals surface area contributed by atoms with E-state index in [1.165, 1.54) is 6.07 Å². The lowest BCUT2D eigenvalue weighted by molar-refractivity contribution is -0.148. The maximum atomic E-state index is 14.9. The van der Waals surface area contributed by atoms with Crippen LogP contribution in [0.1, 0.15) is 25.3 Å². The van der Waals surface area contributed by atoms with Gasteiger partial charge in [-0.05, 0) is 37.5 Å². The fraction of sp³-hybridized carbons (Fsp3) is 0.308. The number of esters is 1. The first kappa shape index (κ1) is 22.8. The molecule has 0 spiro atoms. The van der Waals surface area contributed by atoms with Gasteiger partial charge in [-0.1, -0.05) is 42.5 Å². The minimum Gasteiger partial charge on any atom is -0.466 e. The molecule has 4 aromatic rings. The van der Waals surface area contributed by atoms with E-state index in [9.17, 15) is 9.18 Å². The van der Waals surface area contributed by atoms with E-state index < -0.39 is 5.82 Å². The van der Waals surface area contributed by atoms with Crippen LogP contribution in [0.5, 0.6) is 0 Å². The van der Waals surface area contributed by atoms with Gasteiger partial charge in [0.25, 0.3) is 0 Å². The molecule has 9 heteroatoms. The molecule has 0 amide bonds. The Morgan fingerprint density at radius 1 is 1.14 bits per heavy atom. The van der Waals surface area contributed by atoms with Crippen LogP contribution in [0.3, 0.4) is 0 Å². The summed E-state index contributed by atoms with van der Waals surface area (Å²) in [6.07, 6.45) is 1.54. The van der Waals surface area contributed by atoms with Crippen molar-refractivity contribution >= 4 is 28.8 Å². The summed E-state index contributed by atoms with van der Waals surface area (Å²) >= 11 is 0. The quantitative estimate of drug-likeness (QED) is 0.421. The Labute approximate surface area is 202 Å². The van der Waals surface area contributed by atoms with Gasteiger partial charge in [-0.15, -0.1) is 5.10 Å². The van der Waals surface area contributed by atoms with Gasteiger partial charge in [-0.25, -0.2) is 14.1 Å². The van der Waals surface area contributed by atoms with Crippen molar-refractivity contribution in [3.63, 3.8) is 0 Å². The summed E-state index contributed by atoms with van der Waals surface area (Å²) in [6, 6.07) is 16.3. The topological polar surface area (TPSA) is 99.2 Å². The average molecular weight is 475 g/mol. The van der Waals surface area contributed by atoms with Gasteiger partial charge in [0.1, 0.15) is 11.6 Å². The van der Waals surface area contributed by atoms with Gasteiger partial charge in [-0.3, -0.25) is 4.79 Å². The Bertz CT molecular complexity index is 1360. The summed E-state index contributed by atoms with van der Waals surface area (Å²) in [7, 11) is 0. The van der Waals surface area contributed by atoms with Crippen LogP contribution < -0.4 is 10.6 Å². The lowest BCUT2D eigenvalue weighted by atomic mass is 9.98. The van der Waals surface area contributed by atoms with Crippen molar-refractivity contribution in [3.8, 4) is 11.3 Å². The van der Waals surface area contributed by atoms with Crippen LogP contribution in [0.2, 0.25) is 0 Å². The van der Waals surface area contributed by atoms with Crippen LogP contribution in [0.4, 0.5) is 16.2 Å². The Morgan fingerprint density at radius 2 is 1.91 bits per heavy atom. The fourth-order valence-electron chi connectivity index (χ4n) is 4.52. The summed E-state index contributed by atoms with van der Waals surface area (Å²) in [5.41, 5.74) is 8.65. The Kier molecular flexibility index (Phi) is 6.31. The number of halogens is 1. The lowest BCUT2D eigenvalue weighted by Crippen LogP contribution is -2.40. The summed E-state index contributed by atoms with van der Waals surface area (Å²) in [5.74, 6) is -0.118. The van der Waals surface area contributed by atoms with Gasteiger partial charge >= 0.3 is 5.97 Å². The Morgan fingerprint density at radius 3 is 2.69 bits per heavy atom.